The van der Waals surface area contributed by atoms with Crippen LogP contribution in [-0.4, -0.2) is 61.1 Å². The first-order valence-electron chi connectivity index (χ1n) is 9.98. The highest BCUT2D eigenvalue weighted by molar-refractivity contribution is 5.78. The van der Waals surface area contributed by atoms with E-state index < -0.39 is 0 Å². The van der Waals surface area contributed by atoms with Crippen LogP contribution in [0.5, 0.6) is 0 Å². The molecule has 29 heavy (non-hydrogen) atoms. The van der Waals surface area contributed by atoms with E-state index in [2.05, 4.69) is 21.3 Å². The van der Waals surface area contributed by atoms with Crippen molar-refractivity contribution in [3.63, 3.8) is 0 Å². The molecule has 0 aliphatic carbocycles. The van der Waals surface area contributed by atoms with E-state index in [4.69, 9.17) is 4.74 Å². The van der Waals surface area contributed by atoms with Gasteiger partial charge in [-0.05, 0) is 29.7 Å². The predicted molar refractivity (Wildman–Crippen MR) is 109 cm³/mol. The fraction of sp³-hybridized carbons (Fsp3) is 0.455. The number of amides is 1. The summed E-state index contributed by atoms with van der Waals surface area (Å²) >= 11 is 0. The Balaban J connectivity index is 1.56. The lowest BCUT2D eigenvalue weighted by atomic mass is 9.89. The van der Waals surface area contributed by atoms with Crippen LogP contribution in [0.15, 0.2) is 42.6 Å². The van der Waals surface area contributed by atoms with Crippen LogP contribution in [0.25, 0.3) is 0 Å². The van der Waals surface area contributed by atoms with Crippen LogP contribution in [0.3, 0.4) is 0 Å². The van der Waals surface area contributed by atoms with Crippen LogP contribution in [0, 0.1) is 17.7 Å². The van der Waals surface area contributed by atoms with E-state index in [1.54, 1.807) is 18.3 Å². The molecule has 2 saturated heterocycles. The third-order valence-corrected chi connectivity index (χ3v) is 6.04. The number of anilines is 1. The van der Waals surface area contributed by atoms with Crippen molar-refractivity contribution in [2.45, 2.75) is 12.6 Å². The monoisotopic (exact) mass is 398 g/mol. The van der Waals surface area contributed by atoms with Gasteiger partial charge in [0.15, 0.2) is 0 Å². The second kappa shape index (κ2) is 8.47. The summed E-state index contributed by atoms with van der Waals surface area (Å²) in [4.78, 5) is 21.4. The summed E-state index contributed by atoms with van der Waals surface area (Å²) in [5.41, 5.74) is 2.02. The van der Waals surface area contributed by atoms with Crippen molar-refractivity contribution >= 4 is 11.7 Å². The van der Waals surface area contributed by atoms with Gasteiger partial charge in [-0.3, -0.25) is 9.69 Å². The molecule has 0 unspecified atom stereocenters. The molecule has 1 amide bonds. The first-order chi connectivity index (χ1) is 14.1. The van der Waals surface area contributed by atoms with Crippen molar-refractivity contribution < 1.29 is 13.9 Å². The number of methoxy groups -OCH3 is 1. The highest BCUT2D eigenvalue weighted by atomic mass is 19.1. The maximum Gasteiger partial charge on any atom is 0.249 e. The Bertz CT molecular complexity index is 877. The lowest BCUT2D eigenvalue weighted by Crippen LogP contribution is -2.37. The number of ether oxygens (including phenoxy) is 1. The minimum Gasteiger partial charge on any atom is -0.375 e. The summed E-state index contributed by atoms with van der Waals surface area (Å²) in [6.45, 7) is 3.30. The summed E-state index contributed by atoms with van der Waals surface area (Å²) in [6, 6.07) is 10.6. The smallest absolute Gasteiger partial charge is 0.249 e. The van der Waals surface area contributed by atoms with Crippen LogP contribution in [-0.2, 0) is 16.1 Å². The number of carbonyl (C=O) groups is 1. The number of hydrogen-bond acceptors (Lipinski definition) is 5. The Morgan fingerprint density at radius 1 is 1.28 bits per heavy atom. The molecule has 0 spiro atoms. The number of rotatable bonds is 6. The molecule has 1 N–H and O–H groups in total. The normalized spacial score (nSPS) is 24.0. The Labute approximate surface area is 170 Å². The predicted octanol–water partition coefficient (Wildman–Crippen LogP) is 2.54. The summed E-state index contributed by atoms with van der Waals surface area (Å²) < 4.78 is 19.0. The molecule has 4 rings (SSSR count). The fourth-order valence-corrected chi connectivity index (χ4v) is 4.88. The lowest BCUT2D eigenvalue weighted by Gasteiger charge is -2.30. The zero-order valence-electron chi connectivity index (χ0n) is 16.8. The Morgan fingerprint density at radius 2 is 2.14 bits per heavy atom. The zero-order valence-corrected chi connectivity index (χ0v) is 16.8. The summed E-state index contributed by atoms with van der Waals surface area (Å²) in [7, 11) is 3.41. The highest BCUT2D eigenvalue weighted by Gasteiger charge is 2.49. The molecule has 6 nitrogen and oxygen atoms in total. The maximum atomic E-state index is 13.9. The van der Waals surface area contributed by atoms with E-state index in [0.29, 0.717) is 12.5 Å². The van der Waals surface area contributed by atoms with Crippen molar-refractivity contribution in [3.8, 4) is 0 Å². The first-order valence-corrected chi connectivity index (χ1v) is 9.98. The van der Waals surface area contributed by atoms with Gasteiger partial charge in [0.05, 0.1) is 6.04 Å². The van der Waals surface area contributed by atoms with Crippen molar-refractivity contribution in [3.05, 3.63) is 59.5 Å². The molecular formula is C22H27FN4O2. The number of nitrogens with one attached hydrogen (secondary N) is 1. The van der Waals surface area contributed by atoms with Gasteiger partial charge in [-0.15, -0.1) is 0 Å². The number of aromatic nitrogens is 1. The number of fused-ring (bicyclic) bond motifs is 1. The number of hydrogen-bond donors (Lipinski definition) is 1. The van der Waals surface area contributed by atoms with Crippen molar-refractivity contribution in [2.75, 3.05) is 45.7 Å². The Morgan fingerprint density at radius 3 is 2.90 bits per heavy atom. The fourth-order valence-electron chi connectivity index (χ4n) is 4.88. The van der Waals surface area contributed by atoms with E-state index in [-0.39, 0.29) is 30.3 Å². The number of nitrogens with zero attached hydrogens (tertiary/aromatic N) is 3. The van der Waals surface area contributed by atoms with Gasteiger partial charge in [0.25, 0.3) is 0 Å². The molecule has 3 heterocycles. The molecule has 154 valence electrons. The van der Waals surface area contributed by atoms with Gasteiger partial charge in [-0.2, -0.15) is 0 Å². The molecule has 0 radical (unpaired) electrons. The van der Waals surface area contributed by atoms with Gasteiger partial charge in [0.1, 0.15) is 18.2 Å². The average Bonchev–Trinajstić information content (AvgIpc) is 3.25. The quantitative estimate of drug-likeness (QED) is 0.811. The van der Waals surface area contributed by atoms with E-state index >= 15 is 0 Å². The van der Waals surface area contributed by atoms with Crippen LogP contribution in [0.1, 0.15) is 17.2 Å². The Hall–Kier alpha value is -2.51. The molecule has 3 atom stereocenters. The van der Waals surface area contributed by atoms with Gasteiger partial charge >= 0.3 is 0 Å². The van der Waals surface area contributed by atoms with E-state index in [1.165, 1.54) is 13.2 Å². The molecule has 1 aromatic carbocycles. The molecule has 2 aromatic rings. The average molecular weight is 398 g/mol. The summed E-state index contributed by atoms with van der Waals surface area (Å²) in [5.74, 6) is 1.22. The van der Waals surface area contributed by atoms with Gasteiger partial charge in [0, 0.05) is 58.0 Å². The highest BCUT2D eigenvalue weighted by Crippen LogP contribution is 2.45. The van der Waals surface area contributed by atoms with Crippen LogP contribution < -0.4 is 5.32 Å². The van der Waals surface area contributed by atoms with Gasteiger partial charge in [-0.1, -0.05) is 18.2 Å². The standard InChI is InChI=1S/C22H27FN4O2/c1-24-22-16(6-4-8-25-22)10-26-11-17-12-27(20(28)14-29-2)21(19(17)13-26)15-5-3-7-18(23)9-15/h3-9,17,19,21H,10-14H2,1-2H3,(H,24,25)/t17-,19-,21+/m1/s1. The second-order valence-electron chi connectivity index (χ2n) is 7.86. The molecule has 0 saturated carbocycles. The van der Waals surface area contributed by atoms with Gasteiger partial charge in [-0.25, -0.2) is 9.37 Å². The molecule has 2 fully saturated rings. The van der Waals surface area contributed by atoms with E-state index in [0.717, 1.165) is 36.6 Å². The summed E-state index contributed by atoms with van der Waals surface area (Å²) in [6.07, 6.45) is 1.79. The second-order valence-corrected chi connectivity index (χ2v) is 7.86. The first kappa shape index (κ1) is 19.8. The van der Waals surface area contributed by atoms with Crippen LogP contribution in [0.4, 0.5) is 10.2 Å². The third-order valence-electron chi connectivity index (χ3n) is 6.04. The maximum absolute atomic E-state index is 13.9. The minimum atomic E-state index is -0.269. The van der Waals surface area contributed by atoms with E-state index in [1.807, 2.05) is 24.1 Å². The van der Waals surface area contributed by atoms with Gasteiger partial charge in [0.2, 0.25) is 5.91 Å². The molecule has 0 bridgehead atoms. The largest absolute Gasteiger partial charge is 0.375 e. The van der Waals surface area contributed by atoms with Crippen molar-refractivity contribution in [2.24, 2.45) is 11.8 Å². The number of likely N-dealkylation sites (tertiary alicyclic amines) is 2. The zero-order chi connectivity index (χ0) is 20.4. The molecule has 7 heteroatoms. The van der Waals surface area contributed by atoms with Gasteiger partial charge < -0.3 is 15.0 Å². The molecule has 2 aliphatic rings. The van der Waals surface area contributed by atoms with Crippen LogP contribution >= 0.6 is 0 Å². The minimum absolute atomic E-state index is 0.0348. The number of benzene rings is 1. The van der Waals surface area contributed by atoms with Crippen molar-refractivity contribution in [1.29, 1.82) is 0 Å². The lowest BCUT2D eigenvalue weighted by molar-refractivity contribution is -0.136. The molecule has 2 aliphatic heterocycles. The molecular weight excluding hydrogens is 371 g/mol. The number of halogens is 1. The Kier molecular flexibility index (Phi) is 5.78. The topological polar surface area (TPSA) is 57.7 Å². The van der Waals surface area contributed by atoms with E-state index in [9.17, 15) is 9.18 Å². The summed E-state index contributed by atoms with van der Waals surface area (Å²) in [5, 5.41) is 3.15. The molecule has 1 aromatic heterocycles. The van der Waals surface area contributed by atoms with Crippen molar-refractivity contribution in [1.82, 2.24) is 14.8 Å². The SMILES string of the molecule is CNc1ncccc1CN1C[C@@H]2CN(C(=O)COC)[C@@H](c3cccc(F)c3)[C@@H]2C1. The number of carbonyl (C=O) groups excluding carboxylic acids is 1. The van der Waals surface area contributed by atoms with Crippen LogP contribution in [0.2, 0.25) is 0 Å². The number of pyridine rings is 1. The third kappa shape index (κ3) is 3.97.